The van der Waals surface area contributed by atoms with Crippen molar-refractivity contribution in [2.75, 3.05) is 40.5 Å². The summed E-state index contributed by atoms with van der Waals surface area (Å²) in [4.78, 5) is 11.7. The van der Waals surface area contributed by atoms with Crippen LogP contribution in [-0.4, -0.2) is 46.4 Å². The zero-order valence-electron chi connectivity index (χ0n) is 11.2. The maximum Gasteiger partial charge on any atom is 0.254 e. The molecule has 0 atom stereocenters. The molecule has 0 heterocycles. The Balaban J connectivity index is 2.37. The highest BCUT2D eigenvalue weighted by Gasteiger charge is 2.11. The van der Waals surface area contributed by atoms with E-state index in [2.05, 4.69) is 10.6 Å². The number of nitrogens with one attached hydrogen (secondary N) is 2. The number of benzene rings is 1. The number of halogens is 1. The van der Waals surface area contributed by atoms with Gasteiger partial charge >= 0.3 is 0 Å². The Morgan fingerprint density at radius 1 is 1.26 bits per heavy atom. The van der Waals surface area contributed by atoms with Crippen LogP contribution in [0.5, 0.6) is 5.75 Å². The Bertz CT molecular complexity index is 413. The highest BCUT2D eigenvalue weighted by molar-refractivity contribution is 5.94. The molecule has 1 aromatic rings. The lowest BCUT2D eigenvalue weighted by molar-refractivity contribution is 0.0949. The van der Waals surface area contributed by atoms with E-state index in [1.54, 1.807) is 13.2 Å². The van der Waals surface area contributed by atoms with Gasteiger partial charge in [0.1, 0.15) is 11.6 Å². The summed E-state index contributed by atoms with van der Waals surface area (Å²) < 4.78 is 23.3. The molecular weight excluding hydrogens is 251 g/mol. The molecule has 0 aromatic heterocycles. The zero-order valence-corrected chi connectivity index (χ0v) is 11.2. The molecule has 6 heteroatoms. The number of hydrogen-bond donors (Lipinski definition) is 2. The van der Waals surface area contributed by atoms with E-state index >= 15 is 0 Å². The van der Waals surface area contributed by atoms with E-state index in [0.717, 1.165) is 0 Å². The molecule has 0 fully saturated rings. The molecule has 106 valence electrons. The van der Waals surface area contributed by atoms with Crippen LogP contribution < -0.4 is 15.4 Å². The third-order valence-electron chi connectivity index (χ3n) is 2.49. The van der Waals surface area contributed by atoms with Crippen LogP contribution in [0.4, 0.5) is 4.39 Å². The molecule has 5 nitrogen and oxygen atoms in total. The smallest absolute Gasteiger partial charge is 0.254 e. The van der Waals surface area contributed by atoms with Crippen molar-refractivity contribution in [3.8, 4) is 5.75 Å². The summed E-state index contributed by atoms with van der Waals surface area (Å²) >= 11 is 0. The van der Waals surface area contributed by atoms with Crippen LogP contribution in [0.3, 0.4) is 0 Å². The molecule has 0 bridgehead atoms. The van der Waals surface area contributed by atoms with Gasteiger partial charge in [-0.15, -0.1) is 0 Å². The topological polar surface area (TPSA) is 59.6 Å². The van der Waals surface area contributed by atoms with E-state index in [9.17, 15) is 9.18 Å². The van der Waals surface area contributed by atoms with Crippen molar-refractivity contribution in [1.29, 1.82) is 0 Å². The highest BCUT2D eigenvalue weighted by Crippen LogP contribution is 2.15. The van der Waals surface area contributed by atoms with Crippen LogP contribution in [-0.2, 0) is 4.74 Å². The predicted molar refractivity (Wildman–Crippen MR) is 70.0 cm³/mol. The van der Waals surface area contributed by atoms with Gasteiger partial charge in [0.15, 0.2) is 0 Å². The first-order chi connectivity index (χ1) is 9.19. The molecule has 0 unspecified atom stereocenters. The second-order valence-corrected chi connectivity index (χ2v) is 3.84. The maximum absolute atomic E-state index is 13.6. The lowest BCUT2D eigenvalue weighted by Gasteiger charge is -2.08. The van der Waals surface area contributed by atoms with Crippen LogP contribution in [0.25, 0.3) is 0 Å². The van der Waals surface area contributed by atoms with Crippen LogP contribution in [0.15, 0.2) is 18.2 Å². The summed E-state index contributed by atoms with van der Waals surface area (Å²) in [6, 6.07) is 4.14. The molecule has 0 radical (unpaired) electrons. The fraction of sp³-hybridized carbons (Fsp3) is 0.462. The number of hydrogen-bond acceptors (Lipinski definition) is 4. The lowest BCUT2D eigenvalue weighted by Crippen LogP contribution is -2.33. The number of ether oxygens (including phenoxy) is 2. The second kappa shape index (κ2) is 8.44. The van der Waals surface area contributed by atoms with E-state index in [4.69, 9.17) is 9.47 Å². The summed E-state index contributed by atoms with van der Waals surface area (Å²) in [6.07, 6.45) is 0. The van der Waals surface area contributed by atoms with Gasteiger partial charge < -0.3 is 20.1 Å². The predicted octanol–water partition coefficient (Wildman–Crippen LogP) is 0.800. The van der Waals surface area contributed by atoms with Gasteiger partial charge in [0.25, 0.3) is 5.91 Å². The average Bonchev–Trinajstić information content (AvgIpc) is 2.42. The minimum Gasteiger partial charge on any atom is -0.497 e. The van der Waals surface area contributed by atoms with E-state index < -0.39 is 11.7 Å². The first kappa shape index (κ1) is 15.4. The number of carbonyl (C=O) groups is 1. The fourth-order valence-corrected chi connectivity index (χ4v) is 1.47. The largest absolute Gasteiger partial charge is 0.497 e. The third kappa shape index (κ3) is 5.23. The van der Waals surface area contributed by atoms with Gasteiger partial charge in [-0.3, -0.25) is 4.79 Å². The van der Waals surface area contributed by atoms with Gasteiger partial charge in [-0.05, 0) is 12.1 Å². The summed E-state index contributed by atoms with van der Waals surface area (Å²) in [5.41, 5.74) is 0.0118. The minimum absolute atomic E-state index is 0.0118. The molecule has 1 amide bonds. The SMILES string of the molecule is COCCNCCNC(=O)c1ccc(OC)cc1F. The van der Waals surface area contributed by atoms with Crippen LogP contribution >= 0.6 is 0 Å². The molecule has 0 saturated heterocycles. The Morgan fingerprint density at radius 2 is 2.05 bits per heavy atom. The van der Waals surface area contributed by atoms with Gasteiger partial charge in [-0.1, -0.05) is 0 Å². The van der Waals surface area contributed by atoms with Gasteiger partial charge in [-0.2, -0.15) is 0 Å². The van der Waals surface area contributed by atoms with Crippen molar-refractivity contribution in [1.82, 2.24) is 10.6 Å². The van der Waals surface area contributed by atoms with E-state index in [0.29, 0.717) is 32.0 Å². The molecule has 19 heavy (non-hydrogen) atoms. The van der Waals surface area contributed by atoms with Gasteiger partial charge in [-0.25, -0.2) is 4.39 Å². The summed E-state index contributed by atoms with van der Waals surface area (Å²) in [5, 5.41) is 5.70. The zero-order chi connectivity index (χ0) is 14.1. The van der Waals surface area contributed by atoms with Gasteiger partial charge in [0.05, 0.1) is 19.3 Å². The van der Waals surface area contributed by atoms with Crippen molar-refractivity contribution < 1.29 is 18.7 Å². The molecule has 2 N–H and O–H groups in total. The standard InChI is InChI=1S/C13H19FN2O3/c1-18-8-7-15-5-6-16-13(17)11-4-3-10(19-2)9-12(11)14/h3-4,9,15H,5-8H2,1-2H3,(H,16,17). The Kier molecular flexibility index (Phi) is 6.84. The van der Waals surface area contributed by atoms with Crippen LogP contribution in [0.1, 0.15) is 10.4 Å². The highest BCUT2D eigenvalue weighted by atomic mass is 19.1. The van der Waals surface area contributed by atoms with Crippen LogP contribution in [0, 0.1) is 5.82 Å². The molecular formula is C13H19FN2O3. The number of methoxy groups -OCH3 is 2. The molecule has 0 aliphatic carbocycles. The van der Waals surface area contributed by atoms with Crippen molar-refractivity contribution in [2.45, 2.75) is 0 Å². The third-order valence-corrected chi connectivity index (χ3v) is 2.49. The Labute approximate surface area is 112 Å². The van der Waals surface area contributed by atoms with Gasteiger partial charge in [0.2, 0.25) is 0 Å². The van der Waals surface area contributed by atoms with E-state index in [1.165, 1.54) is 19.2 Å². The first-order valence-corrected chi connectivity index (χ1v) is 6.00. The van der Waals surface area contributed by atoms with Gasteiger partial charge in [0, 0.05) is 32.8 Å². The Morgan fingerprint density at radius 3 is 2.68 bits per heavy atom. The number of carbonyl (C=O) groups excluding carboxylic acids is 1. The maximum atomic E-state index is 13.6. The molecule has 0 spiro atoms. The Hall–Kier alpha value is -1.66. The fourth-order valence-electron chi connectivity index (χ4n) is 1.47. The van der Waals surface area contributed by atoms with E-state index in [1.807, 2.05) is 0 Å². The minimum atomic E-state index is -0.593. The second-order valence-electron chi connectivity index (χ2n) is 3.84. The molecule has 1 aromatic carbocycles. The number of rotatable bonds is 8. The lowest BCUT2D eigenvalue weighted by atomic mass is 10.2. The normalized spacial score (nSPS) is 10.3. The quantitative estimate of drug-likeness (QED) is 0.686. The molecule has 0 saturated carbocycles. The summed E-state index contributed by atoms with van der Waals surface area (Å²) in [6.45, 7) is 2.35. The van der Waals surface area contributed by atoms with E-state index in [-0.39, 0.29) is 5.56 Å². The van der Waals surface area contributed by atoms with Crippen molar-refractivity contribution in [2.24, 2.45) is 0 Å². The monoisotopic (exact) mass is 270 g/mol. The summed E-state index contributed by atoms with van der Waals surface area (Å²) in [7, 11) is 3.07. The van der Waals surface area contributed by atoms with Crippen LogP contribution in [0.2, 0.25) is 0 Å². The molecule has 0 aliphatic rings. The van der Waals surface area contributed by atoms with Crippen molar-refractivity contribution in [3.05, 3.63) is 29.6 Å². The number of amides is 1. The summed E-state index contributed by atoms with van der Waals surface area (Å²) in [5.74, 6) is -0.645. The average molecular weight is 270 g/mol. The molecule has 1 rings (SSSR count). The molecule has 0 aliphatic heterocycles. The van der Waals surface area contributed by atoms with Crippen molar-refractivity contribution in [3.63, 3.8) is 0 Å². The first-order valence-electron chi connectivity index (χ1n) is 6.00. The van der Waals surface area contributed by atoms with Crippen molar-refractivity contribution >= 4 is 5.91 Å².